The Morgan fingerprint density at radius 3 is 2.00 bits per heavy atom. The zero-order valence-corrected chi connectivity index (χ0v) is 6.75. The van der Waals surface area contributed by atoms with Crippen LogP contribution >= 0.6 is 0 Å². The fourth-order valence-electron chi connectivity index (χ4n) is 3.33. The molecule has 2 saturated carbocycles. The Kier molecular flexibility index (Phi) is 1.05. The topological polar surface area (TPSA) is 46.2 Å². The molecule has 3 aliphatic rings. The molecule has 3 fully saturated rings. The summed E-state index contributed by atoms with van der Waals surface area (Å²) in [4.78, 5) is 22.6. The number of carbonyl (C=O) groups is 2. The lowest BCUT2D eigenvalue weighted by molar-refractivity contribution is -0.126. The van der Waals surface area contributed by atoms with Gasteiger partial charge in [0.15, 0.2) is 0 Å². The second-order valence-electron chi connectivity index (χ2n) is 4.24. The maximum Gasteiger partial charge on any atom is 0.230 e. The van der Waals surface area contributed by atoms with Crippen LogP contribution in [-0.2, 0) is 9.59 Å². The Balaban J connectivity index is 2.03. The molecule has 0 aromatic rings. The van der Waals surface area contributed by atoms with Gasteiger partial charge in [-0.3, -0.25) is 14.9 Å². The highest BCUT2D eigenvalue weighted by atomic mass is 16.2. The van der Waals surface area contributed by atoms with Crippen molar-refractivity contribution in [1.29, 1.82) is 0 Å². The minimum atomic E-state index is -0.00259. The van der Waals surface area contributed by atoms with Gasteiger partial charge in [0.25, 0.3) is 0 Å². The fourth-order valence-corrected chi connectivity index (χ4v) is 3.33. The van der Waals surface area contributed by atoms with E-state index in [1.165, 1.54) is 0 Å². The summed E-state index contributed by atoms with van der Waals surface area (Å²) in [5.41, 5.74) is 0. The first-order valence-corrected chi connectivity index (χ1v) is 4.62. The van der Waals surface area contributed by atoms with Crippen LogP contribution in [0, 0.1) is 23.7 Å². The van der Waals surface area contributed by atoms with E-state index in [1.807, 2.05) is 0 Å². The van der Waals surface area contributed by atoms with Gasteiger partial charge >= 0.3 is 0 Å². The highest BCUT2D eigenvalue weighted by Crippen LogP contribution is 2.54. The number of carbonyl (C=O) groups excluding carboxylic acids is 2. The summed E-state index contributed by atoms with van der Waals surface area (Å²) in [6.07, 6.45) is 3.44. The Morgan fingerprint density at radius 2 is 1.50 bits per heavy atom. The zero-order valence-electron chi connectivity index (χ0n) is 6.75. The van der Waals surface area contributed by atoms with E-state index < -0.39 is 0 Å². The Morgan fingerprint density at radius 1 is 1.00 bits per heavy atom. The predicted molar refractivity (Wildman–Crippen MR) is 41.0 cm³/mol. The van der Waals surface area contributed by atoms with Crippen LogP contribution in [0.5, 0.6) is 0 Å². The van der Waals surface area contributed by atoms with Gasteiger partial charge in [0.1, 0.15) is 0 Å². The average Bonchev–Trinajstić information content (AvgIpc) is 2.64. The van der Waals surface area contributed by atoms with Gasteiger partial charge in [0.2, 0.25) is 11.8 Å². The Bertz CT molecular complexity index is 248. The lowest BCUT2D eigenvalue weighted by Gasteiger charge is -2.19. The van der Waals surface area contributed by atoms with E-state index in [0.717, 1.165) is 19.3 Å². The minimum Gasteiger partial charge on any atom is -0.296 e. The van der Waals surface area contributed by atoms with Gasteiger partial charge in [-0.25, -0.2) is 0 Å². The summed E-state index contributed by atoms with van der Waals surface area (Å²) in [5.74, 6) is 1.14. The van der Waals surface area contributed by atoms with Crippen LogP contribution in [0.15, 0.2) is 0 Å². The first-order chi connectivity index (χ1) is 5.77. The monoisotopic (exact) mass is 165 g/mol. The number of imide groups is 1. The summed E-state index contributed by atoms with van der Waals surface area (Å²) in [7, 11) is 0. The van der Waals surface area contributed by atoms with Crippen molar-refractivity contribution in [3.05, 3.63) is 0 Å². The molecule has 2 aliphatic carbocycles. The molecular formula is C9H11NO2. The minimum absolute atomic E-state index is 0.00259. The molecule has 0 spiro atoms. The normalized spacial score (nSPS) is 49.7. The molecular weight excluding hydrogens is 154 g/mol. The van der Waals surface area contributed by atoms with Crippen LogP contribution < -0.4 is 5.32 Å². The number of rotatable bonds is 0. The van der Waals surface area contributed by atoms with Crippen LogP contribution in [0.25, 0.3) is 0 Å². The molecule has 12 heavy (non-hydrogen) atoms. The van der Waals surface area contributed by atoms with Crippen molar-refractivity contribution < 1.29 is 9.59 Å². The van der Waals surface area contributed by atoms with Gasteiger partial charge in [-0.1, -0.05) is 0 Å². The quantitative estimate of drug-likeness (QED) is 0.525. The largest absolute Gasteiger partial charge is 0.296 e. The molecule has 64 valence electrons. The lowest BCUT2D eigenvalue weighted by Crippen LogP contribution is -2.24. The molecule has 1 N–H and O–H groups in total. The third-order valence-electron chi connectivity index (χ3n) is 3.77. The molecule has 3 nitrogen and oxygen atoms in total. The van der Waals surface area contributed by atoms with Crippen LogP contribution in [-0.4, -0.2) is 11.8 Å². The zero-order chi connectivity index (χ0) is 8.29. The molecule has 0 radical (unpaired) electrons. The number of hydrogen-bond donors (Lipinski definition) is 1. The van der Waals surface area contributed by atoms with Crippen LogP contribution in [0.4, 0.5) is 0 Å². The molecule has 1 saturated heterocycles. The third-order valence-corrected chi connectivity index (χ3v) is 3.77. The van der Waals surface area contributed by atoms with Gasteiger partial charge in [0, 0.05) is 0 Å². The van der Waals surface area contributed by atoms with Gasteiger partial charge in [-0.15, -0.1) is 0 Å². The van der Waals surface area contributed by atoms with E-state index in [0.29, 0.717) is 11.8 Å². The van der Waals surface area contributed by atoms with Crippen molar-refractivity contribution in [3.8, 4) is 0 Å². The Hall–Kier alpha value is -0.860. The average molecular weight is 165 g/mol. The third kappa shape index (κ3) is 0.586. The summed E-state index contributed by atoms with van der Waals surface area (Å²) in [6, 6.07) is 0. The molecule has 1 heterocycles. The summed E-state index contributed by atoms with van der Waals surface area (Å²) in [6.45, 7) is 0. The first kappa shape index (κ1) is 6.63. The number of hydrogen-bond acceptors (Lipinski definition) is 2. The first-order valence-electron chi connectivity index (χ1n) is 4.62. The molecule has 0 aromatic heterocycles. The van der Waals surface area contributed by atoms with Crippen molar-refractivity contribution in [2.75, 3.05) is 0 Å². The summed E-state index contributed by atoms with van der Waals surface area (Å²) < 4.78 is 0. The standard InChI is InChI=1S/C9H11NO2/c11-8-6-4-1-2-5(3-4)7(6)9(12)10-8/h4-7H,1-3H2,(H,10,11,12)/t4-,5+,6+,7-. The highest BCUT2D eigenvalue weighted by Gasteiger charge is 2.57. The van der Waals surface area contributed by atoms with Crippen molar-refractivity contribution >= 4 is 11.8 Å². The van der Waals surface area contributed by atoms with Crippen molar-refractivity contribution in [2.45, 2.75) is 19.3 Å². The second kappa shape index (κ2) is 1.90. The molecule has 3 rings (SSSR count). The van der Waals surface area contributed by atoms with Gasteiger partial charge in [-0.05, 0) is 31.1 Å². The molecule has 1 aliphatic heterocycles. The number of nitrogens with one attached hydrogen (secondary N) is 1. The van der Waals surface area contributed by atoms with Crippen LogP contribution in [0.3, 0.4) is 0 Å². The SMILES string of the molecule is O=C1NC(=O)[C@H]2[C@@H]3CC[C@@H](C3)[C@@H]12. The predicted octanol–water partition coefficient (Wildman–Crippen LogP) is 0.305. The summed E-state index contributed by atoms with van der Waals surface area (Å²) >= 11 is 0. The van der Waals surface area contributed by atoms with E-state index in [1.54, 1.807) is 0 Å². The maximum atomic E-state index is 11.3. The van der Waals surface area contributed by atoms with Crippen molar-refractivity contribution in [3.63, 3.8) is 0 Å². The Labute approximate surface area is 70.5 Å². The van der Waals surface area contributed by atoms with E-state index in [9.17, 15) is 9.59 Å². The van der Waals surface area contributed by atoms with Crippen LogP contribution in [0.2, 0.25) is 0 Å². The molecule has 0 aromatic carbocycles. The van der Waals surface area contributed by atoms with Gasteiger partial charge in [0.05, 0.1) is 11.8 Å². The molecule has 0 unspecified atom stereocenters. The molecule has 3 heteroatoms. The summed E-state index contributed by atoms with van der Waals surface area (Å²) in [5, 5.41) is 2.44. The van der Waals surface area contributed by atoms with E-state index in [-0.39, 0.29) is 23.7 Å². The lowest BCUT2D eigenvalue weighted by atomic mass is 9.81. The van der Waals surface area contributed by atoms with Crippen molar-refractivity contribution in [1.82, 2.24) is 5.32 Å². The van der Waals surface area contributed by atoms with Gasteiger partial charge in [-0.2, -0.15) is 0 Å². The molecule has 2 bridgehead atoms. The fraction of sp³-hybridized carbons (Fsp3) is 0.778. The second-order valence-corrected chi connectivity index (χ2v) is 4.24. The highest BCUT2D eigenvalue weighted by molar-refractivity contribution is 6.05. The van der Waals surface area contributed by atoms with Crippen LogP contribution in [0.1, 0.15) is 19.3 Å². The molecule has 2 amide bonds. The van der Waals surface area contributed by atoms with Crippen molar-refractivity contribution in [2.24, 2.45) is 23.7 Å². The van der Waals surface area contributed by atoms with Gasteiger partial charge < -0.3 is 0 Å². The van der Waals surface area contributed by atoms with E-state index >= 15 is 0 Å². The number of fused-ring (bicyclic) bond motifs is 5. The van der Waals surface area contributed by atoms with E-state index in [2.05, 4.69) is 5.32 Å². The van der Waals surface area contributed by atoms with E-state index in [4.69, 9.17) is 0 Å². The smallest absolute Gasteiger partial charge is 0.230 e. The molecule has 4 atom stereocenters. The maximum absolute atomic E-state index is 11.3. The number of amides is 2.